The van der Waals surface area contributed by atoms with Gasteiger partial charge in [0.15, 0.2) is 11.5 Å². The van der Waals surface area contributed by atoms with Gasteiger partial charge in [-0.1, -0.05) is 78.9 Å². The Balaban J connectivity index is 1.33. The predicted octanol–water partition coefficient (Wildman–Crippen LogP) is 7.69. The van der Waals surface area contributed by atoms with E-state index in [9.17, 15) is 13.2 Å². The van der Waals surface area contributed by atoms with Crippen molar-refractivity contribution in [3.05, 3.63) is 132 Å². The number of sulfone groups is 1. The summed E-state index contributed by atoms with van der Waals surface area (Å²) in [7, 11) is 0.711. The monoisotopic (exact) mass is 617 g/mol. The highest BCUT2D eigenvalue weighted by molar-refractivity contribution is 7.91. The topological polar surface area (TPSA) is 90.9 Å². The van der Waals surface area contributed by atoms with Gasteiger partial charge in [0.2, 0.25) is 15.6 Å². The molecule has 0 spiro atoms. The number of benzene rings is 6. The number of anilines is 1. The fourth-order valence-electron chi connectivity index (χ4n) is 5.71. The number of methoxy groups -OCH3 is 3. The molecule has 45 heavy (non-hydrogen) atoms. The molecule has 0 aromatic heterocycles. The number of hydrogen-bond acceptors (Lipinski definition) is 6. The number of amides is 1. The molecule has 6 rings (SSSR count). The average molecular weight is 618 g/mol. The number of nitrogens with one attached hydrogen (secondary N) is 1. The summed E-state index contributed by atoms with van der Waals surface area (Å²) in [5.41, 5.74) is 2.48. The van der Waals surface area contributed by atoms with Crippen molar-refractivity contribution < 1.29 is 27.4 Å². The molecule has 0 fully saturated rings. The number of carbonyl (C=O) groups is 1. The molecule has 226 valence electrons. The Morgan fingerprint density at radius 2 is 1.20 bits per heavy atom. The van der Waals surface area contributed by atoms with Gasteiger partial charge in [0, 0.05) is 23.1 Å². The number of fused-ring (bicyclic) bond motifs is 2. The van der Waals surface area contributed by atoms with Crippen LogP contribution in [-0.4, -0.2) is 35.7 Å². The van der Waals surface area contributed by atoms with E-state index in [4.69, 9.17) is 14.2 Å². The summed E-state index contributed by atoms with van der Waals surface area (Å²) in [4.78, 5) is 14.1. The van der Waals surface area contributed by atoms with Crippen molar-refractivity contribution in [2.75, 3.05) is 26.6 Å². The van der Waals surface area contributed by atoms with Crippen molar-refractivity contribution in [1.29, 1.82) is 0 Å². The molecule has 0 aliphatic carbocycles. The van der Waals surface area contributed by atoms with Gasteiger partial charge in [-0.05, 0) is 58.1 Å². The second kappa shape index (κ2) is 12.3. The van der Waals surface area contributed by atoms with Crippen LogP contribution >= 0.6 is 0 Å². The largest absolute Gasteiger partial charge is 0.492 e. The van der Waals surface area contributed by atoms with Crippen LogP contribution in [0.25, 0.3) is 21.5 Å². The Bertz CT molecular complexity index is 2150. The van der Waals surface area contributed by atoms with Crippen LogP contribution in [-0.2, 0) is 16.3 Å². The molecule has 6 aromatic carbocycles. The van der Waals surface area contributed by atoms with E-state index in [1.165, 1.54) is 26.4 Å². The van der Waals surface area contributed by atoms with Crippen molar-refractivity contribution in [1.82, 2.24) is 0 Å². The molecule has 1 amide bonds. The van der Waals surface area contributed by atoms with E-state index in [1.54, 1.807) is 43.5 Å². The third-order valence-corrected chi connectivity index (χ3v) is 9.67. The van der Waals surface area contributed by atoms with Crippen LogP contribution in [0.5, 0.6) is 17.2 Å². The molecule has 0 aliphatic rings. The van der Waals surface area contributed by atoms with Crippen LogP contribution in [0.3, 0.4) is 0 Å². The maximum atomic E-state index is 13.7. The molecule has 1 N–H and O–H groups in total. The summed E-state index contributed by atoms with van der Waals surface area (Å²) in [5.74, 6) is 0.557. The van der Waals surface area contributed by atoms with Crippen LogP contribution in [0, 0.1) is 0 Å². The Hall–Kier alpha value is -5.34. The standard InChI is InChI=1S/C37H31NO6S/c1-42-34-27(22-26-14-8-12-24-10-4-6-15-30(24)26)23-32(35(43-2)36(34)44-3)37(39)38-28-18-20-29(21-19-28)45(40,41)33-17-9-13-25-11-5-7-16-31(25)33/h4-21,23H,22H2,1-3H3,(H,38,39). The lowest BCUT2D eigenvalue weighted by atomic mass is 9.96. The van der Waals surface area contributed by atoms with E-state index < -0.39 is 15.7 Å². The summed E-state index contributed by atoms with van der Waals surface area (Å²) >= 11 is 0. The minimum absolute atomic E-state index is 0.123. The molecule has 8 heteroatoms. The number of rotatable bonds is 9. The summed E-state index contributed by atoms with van der Waals surface area (Å²) in [6.45, 7) is 0. The number of ether oxygens (including phenoxy) is 3. The Kier molecular flexibility index (Phi) is 8.15. The smallest absolute Gasteiger partial charge is 0.259 e. The highest BCUT2D eigenvalue weighted by atomic mass is 32.2. The quantitative estimate of drug-likeness (QED) is 0.179. The summed E-state index contributed by atoms with van der Waals surface area (Å²) in [6.07, 6.45) is 0.478. The molecule has 7 nitrogen and oxygen atoms in total. The van der Waals surface area contributed by atoms with Crippen molar-refractivity contribution in [3.8, 4) is 17.2 Å². The first-order chi connectivity index (χ1) is 21.8. The van der Waals surface area contributed by atoms with Gasteiger partial charge in [0.1, 0.15) is 0 Å². The predicted molar refractivity (Wildman–Crippen MR) is 177 cm³/mol. The molecule has 6 aromatic rings. The van der Waals surface area contributed by atoms with E-state index in [0.717, 1.165) is 27.3 Å². The van der Waals surface area contributed by atoms with E-state index in [-0.39, 0.29) is 21.1 Å². The molecule has 0 heterocycles. The third-order valence-electron chi connectivity index (χ3n) is 7.85. The zero-order valence-corrected chi connectivity index (χ0v) is 25.9. The molecule has 0 atom stereocenters. The van der Waals surface area contributed by atoms with Crippen LogP contribution < -0.4 is 19.5 Å². The van der Waals surface area contributed by atoms with Gasteiger partial charge in [0.25, 0.3) is 5.91 Å². The number of hydrogen-bond donors (Lipinski definition) is 1. The van der Waals surface area contributed by atoms with Crippen molar-refractivity contribution in [2.45, 2.75) is 16.2 Å². The first kappa shape index (κ1) is 29.7. The zero-order valence-electron chi connectivity index (χ0n) is 25.0. The Morgan fingerprint density at radius 1 is 0.622 bits per heavy atom. The van der Waals surface area contributed by atoms with Crippen LogP contribution in [0.15, 0.2) is 125 Å². The minimum atomic E-state index is -3.80. The second-order valence-electron chi connectivity index (χ2n) is 10.5. The average Bonchev–Trinajstić information content (AvgIpc) is 3.07. The summed E-state index contributed by atoms with van der Waals surface area (Å²) in [6, 6.07) is 34.7. The zero-order chi connectivity index (χ0) is 31.6. The Morgan fingerprint density at radius 3 is 1.87 bits per heavy atom. The molecule has 0 unspecified atom stereocenters. The highest BCUT2D eigenvalue weighted by Gasteiger charge is 2.26. The van der Waals surface area contributed by atoms with E-state index in [1.807, 2.05) is 48.5 Å². The summed E-state index contributed by atoms with van der Waals surface area (Å²) < 4.78 is 44.2. The first-order valence-electron chi connectivity index (χ1n) is 14.3. The van der Waals surface area contributed by atoms with Gasteiger partial charge in [-0.25, -0.2) is 8.42 Å². The molecular weight excluding hydrogens is 586 g/mol. The lowest BCUT2D eigenvalue weighted by Gasteiger charge is -2.20. The lowest BCUT2D eigenvalue weighted by Crippen LogP contribution is -2.15. The van der Waals surface area contributed by atoms with Gasteiger partial charge >= 0.3 is 0 Å². The van der Waals surface area contributed by atoms with E-state index in [2.05, 4.69) is 23.5 Å². The maximum Gasteiger partial charge on any atom is 0.259 e. The highest BCUT2D eigenvalue weighted by Crippen LogP contribution is 2.44. The van der Waals surface area contributed by atoms with Crippen molar-refractivity contribution in [3.63, 3.8) is 0 Å². The fraction of sp³-hybridized carbons (Fsp3) is 0.108. The van der Waals surface area contributed by atoms with Gasteiger partial charge in [-0.3, -0.25) is 4.79 Å². The molecule has 0 radical (unpaired) electrons. The fourth-order valence-corrected chi connectivity index (χ4v) is 7.19. The van der Waals surface area contributed by atoms with Crippen molar-refractivity contribution >= 4 is 43.0 Å². The minimum Gasteiger partial charge on any atom is -0.492 e. The molecular formula is C37H31NO6S. The molecule has 0 saturated heterocycles. The molecule has 0 bridgehead atoms. The van der Waals surface area contributed by atoms with E-state index in [0.29, 0.717) is 29.0 Å². The second-order valence-corrected chi connectivity index (χ2v) is 12.4. The Labute approximate surface area is 261 Å². The maximum absolute atomic E-state index is 13.7. The van der Waals surface area contributed by atoms with Crippen LogP contribution in [0.2, 0.25) is 0 Å². The van der Waals surface area contributed by atoms with Gasteiger partial charge < -0.3 is 19.5 Å². The molecule has 0 aliphatic heterocycles. The van der Waals surface area contributed by atoms with Crippen molar-refractivity contribution in [2.24, 2.45) is 0 Å². The van der Waals surface area contributed by atoms with Gasteiger partial charge in [-0.15, -0.1) is 0 Å². The van der Waals surface area contributed by atoms with Gasteiger partial charge in [0.05, 0.1) is 36.7 Å². The first-order valence-corrected chi connectivity index (χ1v) is 15.8. The van der Waals surface area contributed by atoms with Crippen LogP contribution in [0.4, 0.5) is 5.69 Å². The SMILES string of the molecule is COc1c(Cc2cccc3ccccc23)cc(C(=O)Nc2ccc(S(=O)(=O)c3cccc4ccccc34)cc2)c(OC)c1OC. The lowest BCUT2D eigenvalue weighted by molar-refractivity contribution is 0.102. The molecule has 0 saturated carbocycles. The number of carbonyl (C=O) groups excluding carboxylic acids is 1. The third kappa shape index (κ3) is 5.56. The van der Waals surface area contributed by atoms with E-state index >= 15 is 0 Å². The van der Waals surface area contributed by atoms with Gasteiger partial charge in [-0.2, -0.15) is 0 Å². The summed E-state index contributed by atoms with van der Waals surface area (Å²) in [5, 5.41) is 6.58. The van der Waals surface area contributed by atoms with Crippen LogP contribution in [0.1, 0.15) is 21.5 Å². The normalized spacial score (nSPS) is 11.4.